The lowest BCUT2D eigenvalue weighted by molar-refractivity contribution is 0.417. The van der Waals surface area contributed by atoms with Crippen LogP contribution in [0.1, 0.15) is 26.6 Å². The zero-order chi connectivity index (χ0) is 14.2. The molecule has 4 nitrogen and oxygen atoms in total. The topological polar surface area (TPSA) is 49.9 Å². The van der Waals surface area contributed by atoms with Crippen LogP contribution in [0.2, 0.25) is 0 Å². The monoisotopic (exact) mass is 295 g/mol. The third kappa shape index (κ3) is 3.01. The number of hydrogen-bond donors (Lipinski definition) is 3. The third-order valence-corrected chi connectivity index (χ3v) is 2.97. The second-order valence-electron chi connectivity index (χ2n) is 5.34. The maximum atomic E-state index is 5.34. The molecule has 0 aliphatic carbocycles. The maximum absolute atomic E-state index is 5.34. The van der Waals surface area contributed by atoms with E-state index in [1.807, 2.05) is 12.1 Å². The van der Waals surface area contributed by atoms with Crippen molar-refractivity contribution in [2.75, 3.05) is 12.4 Å². The van der Waals surface area contributed by atoms with Crippen molar-refractivity contribution in [3.63, 3.8) is 0 Å². The molecule has 0 bridgehead atoms. The summed E-state index contributed by atoms with van der Waals surface area (Å²) >= 11 is 9.02. The molecule has 0 unspecified atom stereocenters. The average molecular weight is 295 g/mol. The lowest BCUT2D eigenvalue weighted by Gasteiger charge is -2.13. The smallest absolute Gasteiger partial charge is 0.144 e. The highest BCUT2D eigenvalue weighted by Crippen LogP contribution is 2.31. The van der Waals surface area contributed by atoms with Crippen molar-refractivity contribution >= 4 is 45.9 Å². The molecule has 0 amide bonds. The molecule has 2 rings (SSSR count). The normalized spacial score (nSPS) is 11.6. The number of thiol groups is 1. The summed E-state index contributed by atoms with van der Waals surface area (Å²) in [6.07, 6.45) is 0. The number of benzene rings is 1. The number of aromatic nitrogens is 2. The van der Waals surface area contributed by atoms with Crippen LogP contribution in [-0.2, 0) is 5.41 Å². The first-order valence-electron chi connectivity index (χ1n) is 5.89. The summed E-state index contributed by atoms with van der Waals surface area (Å²) in [7, 11) is 1.62. The van der Waals surface area contributed by atoms with E-state index in [1.54, 1.807) is 7.11 Å². The molecule has 1 heterocycles. The van der Waals surface area contributed by atoms with E-state index in [0.29, 0.717) is 10.1 Å². The Morgan fingerprint density at radius 1 is 1.42 bits per heavy atom. The predicted molar refractivity (Wildman–Crippen MR) is 86.6 cm³/mol. The third-order valence-electron chi connectivity index (χ3n) is 2.76. The fourth-order valence-corrected chi connectivity index (χ4v) is 2.01. The predicted octanol–water partition coefficient (Wildman–Crippen LogP) is 3.50. The minimum Gasteiger partial charge on any atom is -0.494 e. The van der Waals surface area contributed by atoms with Crippen molar-refractivity contribution in [3.8, 4) is 5.75 Å². The Hall–Kier alpha value is -1.27. The van der Waals surface area contributed by atoms with Crippen molar-refractivity contribution in [3.05, 3.63) is 18.0 Å². The van der Waals surface area contributed by atoms with E-state index in [9.17, 15) is 0 Å². The first kappa shape index (κ1) is 14.1. The SMILES string of the molecule is COc1cc2nc(C(C)(C)C)[nH]c2cc1NC(=S)S. The average Bonchev–Trinajstić information content (AvgIpc) is 2.69. The zero-order valence-electron chi connectivity index (χ0n) is 11.4. The van der Waals surface area contributed by atoms with E-state index in [-0.39, 0.29) is 5.41 Å². The minimum atomic E-state index is -0.0291. The Morgan fingerprint density at radius 3 is 2.63 bits per heavy atom. The van der Waals surface area contributed by atoms with Gasteiger partial charge in [-0.05, 0) is 6.07 Å². The van der Waals surface area contributed by atoms with Gasteiger partial charge in [-0.15, -0.1) is 12.6 Å². The van der Waals surface area contributed by atoms with Crippen LogP contribution < -0.4 is 10.1 Å². The number of imidazole rings is 1. The molecule has 19 heavy (non-hydrogen) atoms. The van der Waals surface area contributed by atoms with Gasteiger partial charge in [0, 0.05) is 11.5 Å². The molecule has 1 aromatic carbocycles. The van der Waals surface area contributed by atoms with E-state index in [0.717, 1.165) is 22.5 Å². The molecular weight excluding hydrogens is 278 g/mol. The quantitative estimate of drug-likeness (QED) is 0.586. The number of nitrogens with one attached hydrogen (secondary N) is 2. The van der Waals surface area contributed by atoms with Gasteiger partial charge in [0.2, 0.25) is 0 Å². The number of hydrogen-bond acceptors (Lipinski definition) is 3. The number of methoxy groups -OCH3 is 1. The van der Waals surface area contributed by atoms with Gasteiger partial charge in [0.1, 0.15) is 15.9 Å². The summed E-state index contributed by atoms with van der Waals surface area (Å²) in [5, 5.41) is 2.99. The summed E-state index contributed by atoms with van der Waals surface area (Å²) in [5.41, 5.74) is 2.56. The van der Waals surface area contributed by atoms with Crippen molar-refractivity contribution in [1.82, 2.24) is 9.97 Å². The lowest BCUT2D eigenvalue weighted by Crippen LogP contribution is -2.12. The Morgan fingerprint density at radius 2 is 2.11 bits per heavy atom. The molecule has 0 saturated carbocycles. The first-order chi connectivity index (χ1) is 8.81. The van der Waals surface area contributed by atoms with Crippen LogP contribution in [-0.4, -0.2) is 21.4 Å². The van der Waals surface area contributed by atoms with Gasteiger partial charge in [0.15, 0.2) is 0 Å². The fraction of sp³-hybridized carbons (Fsp3) is 0.385. The molecule has 102 valence electrons. The summed E-state index contributed by atoms with van der Waals surface area (Å²) < 4.78 is 5.74. The van der Waals surface area contributed by atoms with Crippen LogP contribution in [0.5, 0.6) is 5.75 Å². The van der Waals surface area contributed by atoms with Crippen molar-refractivity contribution < 1.29 is 4.74 Å². The maximum Gasteiger partial charge on any atom is 0.144 e. The Bertz CT molecular complexity index is 629. The van der Waals surface area contributed by atoms with Gasteiger partial charge in [-0.25, -0.2) is 4.98 Å². The molecule has 0 radical (unpaired) electrons. The molecular formula is C13H17N3OS2. The highest BCUT2D eigenvalue weighted by Gasteiger charge is 2.19. The van der Waals surface area contributed by atoms with Crippen LogP contribution in [0.3, 0.4) is 0 Å². The summed E-state index contributed by atoms with van der Waals surface area (Å²) in [6.45, 7) is 6.35. The molecule has 0 aliphatic heterocycles. The van der Waals surface area contributed by atoms with Gasteiger partial charge >= 0.3 is 0 Å². The number of ether oxygens (including phenoxy) is 1. The second-order valence-corrected chi connectivity index (χ2v) is 6.49. The molecule has 2 aromatic rings. The van der Waals surface area contributed by atoms with E-state index in [1.165, 1.54) is 0 Å². The van der Waals surface area contributed by atoms with E-state index >= 15 is 0 Å². The zero-order valence-corrected chi connectivity index (χ0v) is 13.1. The second kappa shape index (κ2) is 5.02. The molecule has 0 atom stereocenters. The fourth-order valence-electron chi connectivity index (χ4n) is 1.77. The molecule has 1 aromatic heterocycles. The Labute approximate surface area is 123 Å². The van der Waals surface area contributed by atoms with Gasteiger partial charge < -0.3 is 15.0 Å². The van der Waals surface area contributed by atoms with E-state index in [2.05, 4.69) is 48.7 Å². The number of H-pyrrole nitrogens is 1. The largest absolute Gasteiger partial charge is 0.494 e. The van der Waals surface area contributed by atoms with Gasteiger partial charge in [-0.1, -0.05) is 33.0 Å². The molecule has 0 saturated heterocycles. The molecule has 0 fully saturated rings. The number of nitrogens with zero attached hydrogens (tertiary/aromatic N) is 1. The van der Waals surface area contributed by atoms with Crippen LogP contribution in [0.25, 0.3) is 11.0 Å². The molecule has 0 spiro atoms. The highest BCUT2D eigenvalue weighted by molar-refractivity contribution is 8.11. The Balaban J connectivity index is 2.57. The Kier molecular flexibility index (Phi) is 3.73. The number of fused-ring (bicyclic) bond motifs is 1. The lowest BCUT2D eigenvalue weighted by atomic mass is 9.96. The van der Waals surface area contributed by atoms with E-state index < -0.39 is 0 Å². The van der Waals surface area contributed by atoms with Crippen molar-refractivity contribution in [1.29, 1.82) is 0 Å². The van der Waals surface area contributed by atoms with Gasteiger partial charge in [-0.3, -0.25) is 0 Å². The number of aromatic amines is 1. The van der Waals surface area contributed by atoms with Crippen LogP contribution >= 0.6 is 24.8 Å². The first-order valence-corrected chi connectivity index (χ1v) is 6.75. The van der Waals surface area contributed by atoms with Crippen molar-refractivity contribution in [2.45, 2.75) is 26.2 Å². The van der Waals surface area contributed by atoms with Gasteiger partial charge in [-0.2, -0.15) is 0 Å². The van der Waals surface area contributed by atoms with Gasteiger partial charge in [0.05, 0.1) is 23.8 Å². The summed E-state index contributed by atoms with van der Waals surface area (Å²) in [6, 6.07) is 3.81. The molecule has 0 aliphatic rings. The van der Waals surface area contributed by atoms with Crippen molar-refractivity contribution in [2.24, 2.45) is 0 Å². The summed E-state index contributed by atoms with van der Waals surface area (Å²) in [5.74, 6) is 1.63. The number of thiocarbonyl (C=S) groups is 1. The molecule has 6 heteroatoms. The van der Waals surface area contributed by atoms with Crippen LogP contribution in [0.4, 0.5) is 5.69 Å². The number of anilines is 1. The summed E-state index contributed by atoms with van der Waals surface area (Å²) in [4.78, 5) is 7.92. The molecule has 2 N–H and O–H groups in total. The standard InChI is InChI=1S/C13H17N3OS2/c1-13(2,3)11-14-7-5-9(16-12(18)19)10(17-4)6-8(7)15-11/h5-6H,1-4H3,(H,14,15)(H2,16,18,19). The van der Waals surface area contributed by atoms with E-state index in [4.69, 9.17) is 17.0 Å². The highest BCUT2D eigenvalue weighted by atomic mass is 32.1. The minimum absolute atomic E-state index is 0.0291. The van der Waals surface area contributed by atoms with Crippen LogP contribution in [0.15, 0.2) is 12.1 Å². The van der Waals surface area contributed by atoms with Gasteiger partial charge in [0.25, 0.3) is 0 Å². The van der Waals surface area contributed by atoms with Crippen LogP contribution in [0, 0.1) is 0 Å². The number of rotatable bonds is 2.